The molecule has 3 rings (SSSR count). The molecule has 0 saturated carbocycles. The Morgan fingerprint density at radius 2 is 2.07 bits per heavy atom. The van der Waals surface area contributed by atoms with Crippen LogP contribution in [0.3, 0.4) is 0 Å². The molecule has 0 atom stereocenters. The van der Waals surface area contributed by atoms with Crippen molar-refractivity contribution in [3.63, 3.8) is 0 Å². The molecule has 0 spiro atoms. The number of carbonyl (C=O) groups excluding carboxylic acids is 1. The fraction of sp³-hybridized carbons (Fsp3) is 0.450. The van der Waals surface area contributed by atoms with E-state index < -0.39 is 0 Å². The van der Waals surface area contributed by atoms with Crippen molar-refractivity contribution >= 4 is 11.9 Å². The Hall–Kier alpha value is -2.90. The predicted octanol–water partition coefficient (Wildman–Crippen LogP) is 2.00. The number of aryl methyl sites for hydroxylation is 1. The van der Waals surface area contributed by atoms with Gasteiger partial charge in [-0.15, -0.1) is 0 Å². The normalized spacial score (nSPS) is 14.4. The van der Waals surface area contributed by atoms with Crippen LogP contribution in [0.5, 0.6) is 0 Å². The monoisotopic (exact) mass is 386 g/mol. The number of halogens is 1. The summed E-state index contributed by atoms with van der Waals surface area (Å²) < 4.78 is 16.2. The lowest BCUT2D eigenvalue weighted by Gasteiger charge is -2.17. The Balaban J connectivity index is 1.63. The number of imidazole rings is 1. The average molecular weight is 386 g/mol. The van der Waals surface area contributed by atoms with Gasteiger partial charge >= 0.3 is 0 Å². The highest BCUT2D eigenvalue weighted by Gasteiger charge is 2.17. The van der Waals surface area contributed by atoms with Gasteiger partial charge in [0.2, 0.25) is 5.91 Å². The van der Waals surface area contributed by atoms with Gasteiger partial charge in [-0.1, -0.05) is 6.07 Å². The van der Waals surface area contributed by atoms with Crippen LogP contribution < -0.4 is 10.6 Å². The summed E-state index contributed by atoms with van der Waals surface area (Å²) in [5.74, 6) is 1.03. The van der Waals surface area contributed by atoms with Gasteiger partial charge in [-0.3, -0.25) is 4.79 Å². The Morgan fingerprint density at radius 3 is 2.71 bits per heavy atom. The van der Waals surface area contributed by atoms with Gasteiger partial charge < -0.3 is 20.1 Å². The highest BCUT2D eigenvalue weighted by atomic mass is 19.1. The van der Waals surface area contributed by atoms with Crippen LogP contribution in [0.1, 0.15) is 31.2 Å². The molecular formula is C20H27FN6O. The van der Waals surface area contributed by atoms with E-state index >= 15 is 0 Å². The summed E-state index contributed by atoms with van der Waals surface area (Å²) in [5.41, 5.74) is 1.21. The average Bonchev–Trinajstić information content (AvgIpc) is 3.36. The van der Waals surface area contributed by atoms with E-state index in [0.717, 1.165) is 37.3 Å². The quantitative estimate of drug-likeness (QED) is 0.588. The summed E-state index contributed by atoms with van der Waals surface area (Å²) in [5, 5.41) is 6.18. The highest BCUT2D eigenvalue weighted by Crippen LogP contribution is 2.17. The van der Waals surface area contributed by atoms with Crippen LogP contribution in [0, 0.1) is 12.7 Å². The molecule has 1 aromatic heterocycles. The second kappa shape index (κ2) is 9.34. The van der Waals surface area contributed by atoms with E-state index in [-0.39, 0.29) is 18.3 Å². The molecule has 1 amide bonds. The third-order valence-corrected chi connectivity index (χ3v) is 4.73. The maximum absolute atomic E-state index is 14.5. The van der Waals surface area contributed by atoms with Crippen LogP contribution in [0.25, 0.3) is 5.69 Å². The van der Waals surface area contributed by atoms with Crippen molar-refractivity contribution in [1.82, 2.24) is 25.1 Å². The third-order valence-electron chi connectivity index (χ3n) is 4.73. The van der Waals surface area contributed by atoms with Crippen molar-refractivity contribution in [2.45, 2.75) is 33.2 Å². The summed E-state index contributed by atoms with van der Waals surface area (Å²) in [4.78, 5) is 22.6. The van der Waals surface area contributed by atoms with Crippen LogP contribution >= 0.6 is 0 Å². The Kier molecular flexibility index (Phi) is 6.62. The van der Waals surface area contributed by atoms with Crippen LogP contribution in [-0.2, 0) is 11.3 Å². The maximum atomic E-state index is 14.5. The molecule has 2 N–H and O–H groups in total. The summed E-state index contributed by atoms with van der Waals surface area (Å²) in [6, 6.07) is 5.06. The molecule has 7 nitrogen and oxygen atoms in total. The van der Waals surface area contributed by atoms with E-state index in [9.17, 15) is 9.18 Å². The number of hydrogen-bond acceptors (Lipinski definition) is 3. The number of hydrogen-bond donors (Lipinski definition) is 2. The summed E-state index contributed by atoms with van der Waals surface area (Å²) in [6.45, 7) is 6.65. The van der Waals surface area contributed by atoms with Gasteiger partial charge in [0.25, 0.3) is 0 Å². The second-order valence-corrected chi connectivity index (χ2v) is 6.77. The Bertz CT molecular complexity index is 841. The molecule has 1 aliphatic rings. The highest BCUT2D eigenvalue weighted by molar-refractivity contribution is 5.86. The lowest BCUT2D eigenvalue weighted by molar-refractivity contribution is -0.128. The summed E-state index contributed by atoms with van der Waals surface area (Å²) >= 11 is 0. The van der Waals surface area contributed by atoms with E-state index in [0.29, 0.717) is 24.7 Å². The summed E-state index contributed by atoms with van der Waals surface area (Å²) in [6.07, 6.45) is 5.51. The number of likely N-dealkylation sites (tertiary alicyclic amines) is 1. The molecule has 28 heavy (non-hydrogen) atoms. The molecule has 2 heterocycles. The number of amides is 1. The van der Waals surface area contributed by atoms with Crippen LogP contribution in [0.15, 0.2) is 35.6 Å². The first kappa shape index (κ1) is 19.9. The van der Waals surface area contributed by atoms with E-state index in [2.05, 4.69) is 20.6 Å². The van der Waals surface area contributed by atoms with Gasteiger partial charge in [-0.2, -0.15) is 0 Å². The fourth-order valence-corrected chi connectivity index (χ4v) is 3.23. The number of aromatic nitrogens is 2. The van der Waals surface area contributed by atoms with E-state index in [4.69, 9.17) is 0 Å². The van der Waals surface area contributed by atoms with Gasteiger partial charge in [0.15, 0.2) is 5.96 Å². The largest absolute Gasteiger partial charge is 0.357 e. The topological polar surface area (TPSA) is 74.5 Å². The molecule has 0 aliphatic carbocycles. The first-order valence-corrected chi connectivity index (χ1v) is 9.67. The van der Waals surface area contributed by atoms with Gasteiger partial charge in [-0.05, 0) is 44.4 Å². The number of aliphatic imine (C=N–C) groups is 1. The van der Waals surface area contributed by atoms with Gasteiger partial charge in [0, 0.05) is 32.0 Å². The Labute approximate surface area is 164 Å². The molecule has 1 fully saturated rings. The minimum atomic E-state index is -0.323. The number of carbonyl (C=O) groups is 1. The van der Waals surface area contributed by atoms with Crippen LogP contribution in [-0.4, -0.2) is 52.5 Å². The first-order chi connectivity index (χ1) is 13.6. The van der Waals surface area contributed by atoms with Crippen molar-refractivity contribution in [3.05, 3.63) is 47.8 Å². The predicted molar refractivity (Wildman–Crippen MR) is 107 cm³/mol. The first-order valence-electron chi connectivity index (χ1n) is 9.67. The summed E-state index contributed by atoms with van der Waals surface area (Å²) in [7, 11) is 0. The lowest BCUT2D eigenvalue weighted by Crippen LogP contribution is -2.44. The molecule has 1 aliphatic heterocycles. The van der Waals surface area contributed by atoms with E-state index in [1.54, 1.807) is 23.0 Å². The molecule has 150 valence electrons. The molecule has 1 saturated heterocycles. The van der Waals surface area contributed by atoms with Crippen molar-refractivity contribution < 1.29 is 9.18 Å². The minimum absolute atomic E-state index is 0.0780. The van der Waals surface area contributed by atoms with Crippen LogP contribution in [0.2, 0.25) is 0 Å². The zero-order chi connectivity index (χ0) is 19.9. The van der Waals surface area contributed by atoms with Gasteiger partial charge in [-0.25, -0.2) is 14.4 Å². The molecule has 0 radical (unpaired) electrons. The molecular weight excluding hydrogens is 359 g/mol. The number of rotatable bonds is 6. The standard InChI is InChI=1S/C20H27FN6O/c1-3-22-20(25-14-19(28)26-9-4-5-10-26)24-13-16-6-7-18(17(21)12-16)27-11-8-23-15(27)2/h6-8,11-12H,3-5,9-10,13-14H2,1-2H3,(H2,22,24,25). The van der Waals surface area contributed by atoms with Crippen molar-refractivity contribution in [2.75, 3.05) is 26.2 Å². The van der Waals surface area contributed by atoms with Crippen molar-refractivity contribution in [3.8, 4) is 5.69 Å². The fourth-order valence-electron chi connectivity index (χ4n) is 3.23. The molecule has 0 unspecified atom stereocenters. The third kappa shape index (κ3) is 4.88. The molecule has 8 heteroatoms. The SMILES string of the molecule is CCNC(=NCc1ccc(-n2ccnc2C)c(F)c1)NCC(=O)N1CCCC1. The number of benzene rings is 1. The second-order valence-electron chi connectivity index (χ2n) is 6.77. The van der Waals surface area contributed by atoms with Gasteiger partial charge in [0.1, 0.15) is 11.6 Å². The Morgan fingerprint density at radius 1 is 1.29 bits per heavy atom. The molecule has 2 aromatic rings. The van der Waals surface area contributed by atoms with E-state index in [1.165, 1.54) is 6.07 Å². The molecule has 1 aromatic carbocycles. The maximum Gasteiger partial charge on any atom is 0.241 e. The smallest absolute Gasteiger partial charge is 0.241 e. The minimum Gasteiger partial charge on any atom is -0.357 e. The van der Waals surface area contributed by atoms with Crippen molar-refractivity contribution in [2.24, 2.45) is 4.99 Å². The lowest BCUT2D eigenvalue weighted by atomic mass is 10.2. The van der Waals surface area contributed by atoms with Gasteiger partial charge in [0.05, 0.1) is 18.8 Å². The van der Waals surface area contributed by atoms with Crippen LogP contribution in [0.4, 0.5) is 4.39 Å². The number of nitrogens with zero attached hydrogens (tertiary/aromatic N) is 4. The zero-order valence-corrected chi connectivity index (χ0v) is 16.4. The molecule has 0 bridgehead atoms. The van der Waals surface area contributed by atoms with E-state index in [1.807, 2.05) is 24.8 Å². The zero-order valence-electron chi connectivity index (χ0n) is 16.4. The number of guanidine groups is 1. The number of nitrogens with one attached hydrogen (secondary N) is 2. The van der Waals surface area contributed by atoms with Crippen molar-refractivity contribution in [1.29, 1.82) is 0 Å².